The van der Waals surface area contributed by atoms with E-state index in [0.29, 0.717) is 23.9 Å². The minimum Gasteiger partial charge on any atom is -0.493 e. The Morgan fingerprint density at radius 1 is 1.08 bits per heavy atom. The molecule has 0 aliphatic carbocycles. The molecular weight excluding hydrogens is 304 g/mol. The van der Waals surface area contributed by atoms with Crippen molar-refractivity contribution in [3.63, 3.8) is 0 Å². The van der Waals surface area contributed by atoms with Crippen LogP contribution in [0, 0.1) is 6.92 Å². The molecule has 0 atom stereocenters. The van der Waals surface area contributed by atoms with Crippen LogP contribution in [-0.4, -0.2) is 19.7 Å². The number of hydrogen-bond acceptors (Lipinski definition) is 4. The van der Waals surface area contributed by atoms with Crippen LogP contribution in [0.2, 0.25) is 0 Å². The first-order valence-electron chi connectivity index (χ1n) is 7.90. The number of ether oxygens (including phenoxy) is 3. The Kier molecular flexibility index (Phi) is 6.43. The number of esters is 1. The lowest BCUT2D eigenvalue weighted by molar-refractivity contribution is -0.128. The molecular formula is C20H22O4. The largest absolute Gasteiger partial charge is 0.493 e. The molecule has 0 amide bonds. The minimum absolute atomic E-state index is 0.422. The number of carbonyl (C=O) groups excluding carboxylic acids is 1. The van der Waals surface area contributed by atoms with Gasteiger partial charge in [0.2, 0.25) is 0 Å². The van der Waals surface area contributed by atoms with E-state index >= 15 is 0 Å². The van der Waals surface area contributed by atoms with Crippen molar-refractivity contribution in [3.05, 3.63) is 59.7 Å². The summed E-state index contributed by atoms with van der Waals surface area (Å²) in [5.74, 6) is 1.47. The smallest absolute Gasteiger partial charge is 0.336 e. The summed E-state index contributed by atoms with van der Waals surface area (Å²) >= 11 is 0. The molecule has 0 saturated carbocycles. The number of para-hydroxylation sites is 1. The molecule has 0 spiro atoms. The predicted molar refractivity (Wildman–Crippen MR) is 94.6 cm³/mol. The van der Waals surface area contributed by atoms with E-state index in [4.69, 9.17) is 14.2 Å². The zero-order valence-electron chi connectivity index (χ0n) is 14.2. The van der Waals surface area contributed by atoms with E-state index in [9.17, 15) is 4.79 Å². The molecule has 126 valence electrons. The molecule has 2 aromatic carbocycles. The topological polar surface area (TPSA) is 44.8 Å². The molecule has 4 heteroatoms. The van der Waals surface area contributed by atoms with Crippen LogP contribution in [-0.2, 0) is 4.79 Å². The number of hydrogen-bond donors (Lipinski definition) is 0. The molecule has 0 heterocycles. The molecule has 0 fully saturated rings. The summed E-state index contributed by atoms with van der Waals surface area (Å²) in [6, 6.07) is 12.9. The Morgan fingerprint density at radius 2 is 1.88 bits per heavy atom. The average Bonchev–Trinajstić information content (AvgIpc) is 2.60. The molecule has 0 unspecified atom stereocenters. The van der Waals surface area contributed by atoms with Gasteiger partial charge in [-0.25, -0.2) is 4.79 Å². The van der Waals surface area contributed by atoms with Crippen molar-refractivity contribution in [2.24, 2.45) is 0 Å². The molecule has 0 aliphatic heterocycles. The summed E-state index contributed by atoms with van der Waals surface area (Å²) in [4.78, 5) is 11.9. The monoisotopic (exact) mass is 326 g/mol. The van der Waals surface area contributed by atoms with Crippen molar-refractivity contribution in [2.75, 3.05) is 13.7 Å². The van der Waals surface area contributed by atoms with E-state index in [1.807, 2.05) is 50.2 Å². The van der Waals surface area contributed by atoms with Crippen LogP contribution in [0.3, 0.4) is 0 Å². The fraction of sp³-hybridized carbons (Fsp3) is 0.250. The van der Waals surface area contributed by atoms with Gasteiger partial charge in [0.25, 0.3) is 0 Å². The van der Waals surface area contributed by atoms with Gasteiger partial charge in [0.05, 0.1) is 13.7 Å². The van der Waals surface area contributed by atoms with Crippen molar-refractivity contribution in [2.45, 2.75) is 20.3 Å². The summed E-state index contributed by atoms with van der Waals surface area (Å²) in [6.45, 7) is 4.57. The first kappa shape index (κ1) is 17.6. The van der Waals surface area contributed by atoms with Crippen molar-refractivity contribution < 1.29 is 19.0 Å². The number of benzene rings is 2. The summed E-state index contributed by atoms with van der Waals surface area (Å²) in [7, 11) is 1.59. The molecule has 4 nitrogen and oxygen atoms in total. The molecule has 2 aromatic rings. The van der Waals surface area contributed by atoms with Gasteiger partial charge >= 0.3 is 5.97 Å². The maximum Gasteiger partial charge on any atom is 0.336 e. The van der Waals surface area contributed by atoms with E-state index in [-0.39, 0.29) is 0 Å². The Labute approximate surface area is 142 Å². The lowest BCUT2D eigenvalue weighted by atomic mass is 10.2. The van der Waals surface area contributed by atoms with Gasteiger partial charge in [0.15, 0.2) is 11.5 Å². The summed E-state index contributed by atoms with van der Waals surface area (Å²) in [6.07, 6.45) is 4.01. The van der Waals surface area contributed by atoms with E-state index in [1.54, 1.807) is 19.3 Å². The minimum atomic E-state index is -0.422. The van der Waals surface area contributed by atoms with Crippen molar-refractivity contribution >= 4 is 12.0 Å². The van der Waals surface area contributed by atoms with Gasteiger partial charge in [-0.1, -0.05) is 31.2 Å². The molecule has 0 aliphatic rings. The normalized spacial score (nSPS) is 10.6. The quantitative estimate of drug-likeness (QED) is 0.429. The standard InChI is InChI=1S/C20H22O4/c1-4-13-23-18-11-9-16(14-19(18)22-3)10-12-20(21)24-17-8-6-5-7-15(17)2/h5-12,14H,4,13H2,1-3H3/b12-10+. The van der Waals surface area contributed by atoms with Gasteiger partial charge in [-0.05, 0) is 48.7 Å². The SMILES string of the molecule is CCCOc1ccc(/C=C/C(=O)Oc2ccccc2C)cc1OC. The third kappa shape index (κ3) is 4.88. The van der Waals surface area contributed by atoms with Crippen LogP contribution in [0.4, 0.5) is 0 Å². The van der Waals surface area contributed by atoms with Crippen LogP contribution in [0.15, 0.2) is 48.5 Å². The van der Waals surface area contributed by atoms with Gasteiger partial charge in [0, 0.05) is 6.08 Å². The summed E-state index contributed by atoms with van der Waals surface area (Å²) < 4.78 is 16.3. The Bertz CT molecular complexity index is 719. The van der Waals surface area contributed by atoms with Crippen LogP contribution in [0.1, 0.15) is 24.5 Å². The summed E-state index contributed by atoms with van der Waals surface area (Å²) in [5.41, 5.74) is 1.75. The van der Waals surface area contributed by atoms with E-state index in [1.165, 1.54) is 6.08 Å². The molecule has 24 heavy (non-hydrogen) atoms. The fourth-order valence-corrected chi connectivity index (χ4v) is 2.10. The Hall–Kier alpha value is -2.75. The maximum absolute atomic E-state index is 11.9. The molecule has 2 rings (SSSR count). The zero-order valence-corrected chi connectivity index (χ0v) is 14.2. The first-order valence-corrected chi connectivity index (χ1v) is 7.90. The average molecular weight is 326 g/mol. The Morgan fingerprint density at radius 3 is 2.58 bits per heavy atom. The highest BCUT2D eigenvalue weighted by Gasteiger charge is 2.06. The fourth-order valence-electron chi connectivity index (χ4n) is 2.10. The number of rotatable bonds is 7. The van der Waals surface area contributed by atoms with Crippen LogP contribution < -0.4 is 14.2 Å². The number of carbonyl (C=O) groups is 1. The molecule has 0 aromatic heterocycles. The van der Waals surface area contributed by atoms with E-state index in [0.717, 1.165) is 17.5 Å². The summed E-state index contributed by atoms with van der Waals surface area (Å²) in [5, 5.41) is 0. The van der Waals surface area contributed by atoms with E-state index < -0.39 is 5.97 Å². The number of methoxy groups -OCH3 is 1. The van der Waals surface area contributed by atoms with Gasteiger partial charge in [-0.2, -0.15) is 0 Å². The third-order valence-electron chi connectivity index (χ3n) is 3.37. The lowest BCUT2D eigenvalue weighted by Crippen LogP contribution is -2.04. The van der Waals surface area contributed by atoms with Crippen molar-refractivity contribution in [1.82, 2.24) is 0 Å². The molecule has 0 bridgehead atoms. The second-order valence-electron chi connectivity index (χ2n) is 5.28. The highest BCUT2D eigenvalue weighted by molar-refractivity contribution is 5.89. The van der Waals surface area contributed by atoms with Crippen LogP contribution >= 0.6 is 0 Å². The van der Waals surface area contributed by atoms with E-state index in [2.05, 4.69) is 0 Å². The highest BCUT2D eigenvalue weighted by Crippen LogP contribution is 2.28. The molecule has 0 N–H and O–H groups in total. The number of aryl methyl sites for hydroxylation is 1. The third-order valence-corrected chi connectivity index (χ3v) is 3.37. The predicted octanol–water partition coefficient (Wildman–Crippen LogP) is 4.41. The zero-order chi connectivity index (χ0) is 17.4. The van der Waals surface area contributed by atoms with Gasteiger partial charge in [0.1, 0.15) is 5.75 Å². The van der Waals surface area contributed by atoms with Crippen molar-refractivity contribution in [3.8, 4) is 17.2 Å². The van der Waals surface area contributed by atoms with Crippen molar-refractivity contribution in [1.29, 1.82) is 0 Å². The highest BCUT2D eigenvalue weighted by atomic mass is 16.5. The van der Waals surface area contributed by atoms with Gasteiger partial charge in [-0.15, -0.1) is 0 Å². The molecule has 0 radical (unpaired) electrons. The van der Waals surface area contributed by atoms with Crippen LogP contribution in [0.25, 0.3) is 6.08 Å². The van der Waals surface area contributed by atoms with Gasteiger partial charge < -0.3 is 14.2 Å². The first-order chi connectivity index (χ1) is 11.6. The van der Waals surface area contributed by atoms with Gasteiger partial charge in [-0.3, -0.25) is 0 Å². The molecule has 0 saturated heterocycles. The van der Waals surface area contributed by atoms with Crippen LogP contribution in [0.5, 0.6) is 17.2 Å². The Balaban J connectivity index is 2.05. The second kappa shape index (κ2) is 8.77. The lowest BCUT2D eigenvalue weighted by Gasteiger charge is -2.10. The maximum atomic E-state index is 11.9. The second-order valence-corrected chi connectivity index (χ2v) is 5.28.